The molecule has 2 rings (SSSR count). The Kier molecular flexibility index (Phi) is 8.79. The second kappa shape index (κ2) is 10.3. The van der Waals surface area contributed by atoms with E-state index in [2.05, 4.69) is 0 Å². The molecule has 2 N–H and O–H groups in total. The molecule has 0 radical (unpaired) electrons. The normalized spacial score (nSPS) is 18.6. The van der Waals surface area contributed by atoms with Gasteiger partial charge in [0.1, 0.15) is 0 Å². The first-order chi connectivity index (χ1) is 11.6. The molecule has 1 heterocycles. The summed E-state index contributed by atoms with van der Waals surface area (Å²) in [4.78, 5) is 14.4. The molecule has 140 valence electrons. The number of benzene rings is 1. The molecule has 25 heavy (non-hydrogen) atoms. The molecule has 1 aliphatic heterocycles. The van der Waals surface area contributed by atoms with Crippen LogP contribution >= 0.6 is 12.4 Å². The number of hydrogen-bond acceptors (Lipinski definition) is 4. The van der Waals surface area contributed by atoms with E-state index < -0.39 is 0 Å². The third kappa shape index (κ3) is 5.65. The van der Waals surface area contributed by atoms with Crippen LogP contribution in [0.3, 0.4) is 0 Å². The molecular formula is C19H29ClN2O3. The summed E-state index contributed by atoms with van der Waals surface area (Å²) < 4.78 is 11.1. The van der Waals surface area contributed by atoms with Crippen LogP contribution in [0, 0.1) is 0 Å². The van der Waals surface area contributed by atoms with Gasteiger partial charge < -0.3 is 20.1 Å². The van der Waals surface area contributed by atoms with Crippen LogP contribution in [0.15, 0.2) is 24.3 Å². The van der Waals surface area contributed by atoms with Crippen molar-refractivity contribution in [1.82, 2.24) is 4.90 Å². The molecule has 0 bridgehead atoms. The van der Waals surface area contributed by atoms with Gasteiger partial charge in [0.15, 0.2) is 18.1 Å². The molecule has 1 aromatic carbocycles. The maximum atomic E-state index is 12.5. The van der Waals surface area contributed by atoms with Gasteiger partial charge in [-0.25, -0.2) is 0 Å². The summed E-state index contributed by atoms with van der Waals surface area (Å²) in [6, 6.07) is 5.75. The minimum atomic E-state index is -0.0242. The number of piperidine rings is 1. The summed E-state index contributed by atoms with van der Waals surface area (Å²) in [5.74, 6) is 1.19. The summed E-state index contributed by atoms with van der Waals surface area (Å²) in [7, 11) is 1.60. The molecule has 0 aliphatic carbocycles. The van der Waals surface area contributed by atoms with E-state index in [-0.39, 0.29) is 37.0 Å². The number of halogens is 1. The molecule has 0 spiro atoms. The largest absolute Gasteiger partial charge is 0.493 e. The monoisotopic (exact) mass is 368 g/mol. The van der Waals surface area contributed by atoms with E-state index in [1.165, 1.54) is 0 Å². The lowest BCUT2D eigenvalue weighted by molar-refractivity contribution is -0.137. The predicted octanol–water partition coefficient (Wildman–Crippen LogP) is 3.26. The van der Waals surface area contributed by atoms with Gasteiger partial charge in [-0.05, 0) is 50.8 Å². The quantitative estimate of drug-likeness (QED) is 0.837. The summed E-state index contributed by atoms with van der Waals surface area (Å²) in [5, 5.41) is 0. The molecule has 1 fully saturated rings. The lowest BCUT2D eigenvalue weighted by atomic mass is 9.97. The van der Waals surface area contributed by atoms with Crippen molar-refractivity contribution < 1.29 is 14.3 Å². The topological polar surface area (TPSA) is 64.8 Å². The average molecular weight is 369 g/mol. The van der Waals surface area contributed by atoms with Crippen LogP contribution in [0.2, 0.25) is 0 Å². The zero-order chi connectivity index (χ0) is 17.5. The highest BCUT2D eigenvalue weighted by Crippen LogP contribution is 2.29. The third-order valence-corrected chi connectivity index (χ3v) is 4.37. The molecule has 2 atom stereocenters. The van der Waals surface area contributed by atoms with Crippen LogP contribution in [0.5, 0.6) is 11.5 Å². The summed E-state index contributed by atoms with van der Waals surface area (Å²) in [6.45, 7) is 4.68. The second-order valence-electron chi connectivity index (χ2n) is 6.21. The highest BCUT2D eigenvalue weighted by atomic mass is 35.5. The van der Waals surface area contributed by atoms with Gasteiger partial charge in [0.05, 0.1) is 7.11 Å². The second-order valence-corrected chi connectivity index (χ2v) is 6.21. The number of carbonyl (C=O) groups excluding carboxylic acids is 1. The zero-order valence-corrected chi connectivity index (χ0v) is 16.1. The maximum Gasteiger partial charge on any atom is 0.260 e. The third-order valence-electron chi connectivity index (χ3n) is 4.37. The first-order valence-electron chi connectivity index (χ1n) is 8.55. The van der Waals surface area contributed by atoms with Gasteiger partial charge >= 0.3 is 0 Å². The number of hydrogen-bond donors (Lipinski definition) is 1. The van der Waals surface area contributed by atoms with E-state index in [4.69, 9.17) is 15.2 Å². The van der Waals surface area contributed by atoms with Crippen molar-refractivity contribution in [2.45, 2.75) is 45.2 Å². The Labute approximate surface area is 156 Å². The predicted molar refractivity (Wildman–Crippen MR) is 103 cm³/mol. The molecule has 1 aromatic rings. The van der Waals surface area contributed by atoms with Gasteiger partial charge in [-0.3, -0.25) is 4.79 Å². The first kappa shape index (κ1) is 21.3. The van der Waals surface area contributed by atoms with Crippen LogP contribution in [-0.4, -0.2) is 43.2 Å². The SMILES string of the molecule is C/C=C/c1ccc(OCC(=O)N2CCCCC2C(C)N)c(OC)c1.Cl. The molecule has 0 saturated carbocycles. The summed E-state index contributed by atoms with van der Waals surface area (Å²) >= 11 is 0. The number of allylic oxidation sites excluding steroid dienone is 1. The minimum absolute atomic E-state index is 0. The van der Waals surface area contributed by atoms with E-state index >= 15 is 0 Å². The molecular weight excluding hydrogens is 340 g/mol. The number of methoxy groups -OCH3 is 1. The van der Waals surface area contributed by atoms with E-state index in [0.29, 0.717) is 11.5 Å². The van der Waals surface area contributed by atoms with Crippen molar-refractivity contribution in [2.24, 2.45) is 5.73 Å². The van der Waals surface area contributed by atoms with Crippen molar-refractivity contribution in [3.8, 4) is 11.5 Å². The molecule has 2 unspecified atom stereocenters. The smallest absolute Gasteiger partial charge is 0.260 e. The Morgan fingerprint density at radius 2 is 2.16 bits per heavy atom. The zero-order valence-electron chi connectivity index (χ0n) is 15.2. The van der Waals surface area contributed by atoms with E-state index in [1.807, 2.05) is 49.1 Å². The lowest BCUT2D eigenvalue weighted by Crippen LogP contribution is -2.52. The van der Waals surface area contributed by atoms with E-state index in [0.717, 1.165) is 31.4 Å². The minimum Gasteiger partial charge on any atom is -0.493 e. The van der Waals surface area contributed by atoms with Gasteiger partial charge in [0, 0.05) is 18.6 Å². The van der Waals surface area contributed by atoms with Crippen LogP contribution < -0.4 is 15.2 Å². The van der Waals surface area contributed by atoms with Crippen molar-refractivity contribution >= 4 is 24.4 Å². The van der Waals surface area contributed by atoms with Gasteiger partial charge in [0.2, 0.25) is 0 Å². The Hall–Kier alpha value is -1.72. The Morgan fingerprint density at radius 1 is 1.40 bits per heavy atom. The van der Waals surface area contributed by atoms with Crippen LogP contribution in [0.1, 0.15) is 38.7 Å². The Bertz CT molecular complexity index is 590. The molecule has 1 amide bonds. The summed E-state index contributed by atoms with van der Waals surface area (Å²) in [5.41, 5.74) is 7.06. The van der Waals surface area contributed by atoms with Gasteiger partial charge in [0.25, 0.3) is 5.91 Å². The Morgan fingerprint density at radius 3 is 2.80 bits per heavy atom. The highest BCUT2D eigenvalue weighted by molar-refractivity contribution is 5.85. The number of ether oxygens (including phenoxy) is 2. The number of nitrogens with zero attached hydrogens (tertiary/aromatic N) is 1. The first-order valence-corrected chi connectivity index (χ1v) is 8.55. The van der Waals surface area contributed by atoms with Crippen molar-refractivity contribution in [3.63, 3.8) is 0 Å². The number of nitrogens with two attached hydrogens (primary N) is 1. The lowest BCUT2D eigenvalue weighted by Gasteiger charge is -2.38. The number of amides is 1. The van der Waals surface area contributed by atoms with Crippen molar-refractivity contribution in [1.29, 1.82) is 0 Å². The van der Waals surface area contributed by atoms with Gasteiger partial charge in [-0.1, -0.05) is 18.2 Å². The van der Waals surface area contributed by atoms with Crippen LogP contribution in [0.4, 0.5) is 0 Å². The molecule has 6 heteroatoms. The van der Waals surface area contributed by atoms with Gasteiger partial charge in [-0.2, -0.15) is 0 Å². The van der Waals surface area contributed by atoms with Crippen LogP contribution in [-0.2, 0) is 4.79 Å². The van der Waals surface area contributed by atoms with Crippen molar-refractivity contribution in [3.05, 3.63) is 29.8 Å². The summed E-state index contributed by atoms with van der Waals surface area (Å²) in [6.07, 6.45) is 7.06. The Balaban J connectivity index is 0.00000312. The van der Waals surface area contributed by atoms with Crippen molar-refractivity contribution in [2.75, 3.05) is 20.3 Å². The number of rotatable bonds is 6. The fraction of sp³-hybridized carbons (Fsp3) is 0.526. The molecule has 1 saturated heterocycles. The maximum absolute atomic E-state index is 12.5. The molecule has 0 aromatic heterocycles. The fourth-order valence-electron chi connectivity index (χ4n) is 3.14. The van der Waals surface area contributed by atoms with Crippen LogP contribution in [0.25, 0.3) is 6.08 Å². The molecule has 5 nitrogen and oxygen atoms in total. The highest BCUT2D eigenvalue weighted by Gasteiger charge is 2.29. The standard InChI is InChI=1S/C19H28N2O3.ClH/c1-4-7-15-9-10-17(18(12-15)23-3)24-13-19(22)21-11-6-5-8-16(21)14(2)20;/h4,7,9-10,12,14,16H,5-6,8,11,13,20H2,1-3H3;1H/b7-4+;. The number of likely N-dealkylation sites (tertiary alicyclic amines) is 1. The van der Waals surface area contributed by atoms with E-state index in [9.17, 15) is 4.79 Å². The molecule has 1 aliphatic rings. The van der Waals surface area contributed by atoms with E-state index in [1.54, 1.807) is 7.11 Å². The number of carbonyl (C=O) groups is 1. The average Bonchev–Trinajstić information content (AvgIpc) is 2.60. The fourth-order valence-corrected chi connectivity index (χ4v) is 3.14. The van der Waals surface area contributed by atoms with Gasteiger partial charge in [-0.15, -0.1) is 12.4 Å².